The summed E-state index contributed by atoms with van der Waals surface area (Å²) >= 11 is 6.07. The Morgan fingerprint density at radius 2 is 1.93 bits per heavy atom. The molecule has 1 atom stereocenters. The molecule has 0 radical (unpaired) electrons. The normalized spacial score (nSPS) is 15.9. The molecule has 1 N–H and O–H groups in total. The van der Waals surface area contributed by atoms with Gasteiger partial charge in [-0.3, -0.25) is 9.69 Å². The highest BCUT2D eigenvalue weighted by Crippen LogP contribution is 2.29. The van der Waals surface area contributed by atoms with Crippen LogP contribution in [0, 0.1) is 5.92 Å². The quantitative estimate of drug-likeness (QED) is 0.780. The molecular formula is C22H27ClN2O2. The standard InChI is InChI=1S/C22H27ClN2O2/c1-3-25(4-2)14-17-8-6-5-7-16(17)13-24-22(26)19-11-18-12-20(23)9-10-21(18)27-15-19/h5-10,12,19H,3-4,11,13-15H2,1-2H3,(H,24,26)/t19-/m1/s1. The summed E-state index contributed by atoms with van der Waals surface area (Å²) in [5, 5.41) is 3.76. The Hall–Kier alpha value is -2.04. The van der Waals surface area contributed by atoms with Gasteiger partial charge in [-0.25, -0.2) is 0 Å². The van der Waals surface area contributed by atoms with Crippen molar-refractivity contribution in [3.05, 3.63) is 64.2 Å². The van der Waals surface area contributed by atoms with Gasteiger partial charge in [-0.2, -0.15) is 0 Å². The van der Waals surface area contributed by atoms with Gasteiger partial charge in [0.15, 0.2) is 0 Å². The van der Waals surface area contributed by atoms with E-state index in [1.807, 2.05) is 24.3 Å². The average Bonchev–Trinajstić information content (AvgIpc) is 2.70. The van der Waals surface area contributed by atoms with Crippen molar-refractivity contribution in [2.75, 3.05) is 19.7 Å². The first-order valence-electron chi connectivity index (χ1n) is 9.58. The van der Waals surface area contributed by atoms with Gasteiger partial charge in [-0.1, -0.05) is 49.7 Å². The van der Waals surface area contributed by atoms with Crippen molar-refractivity contribution in [1.29, 1.82) is 0 Å². The zero-order valence-corrected chi connectivity index (χ0v) is 16.8. The Labute approximate surface area is 166 Å². The summed E-state index contributed by atoms with van der Waals surface area (Å²) in [4.78, 5) is 15.0. The maximum Gasteiger partial charge on any atom is 0.227 e. The molecule has 0 bridgehead atoms. The number of hydrogen-bond acceptors (Lipinski definition) is 3. The van der Waals surface area contributed by atoms with Crippen LogP contribution < -0.4 is 10.1 Å². The van der Waals surface area contributed by atoms with Crippen LogP contribution in [0.25, 0.3) is 0 Å². The number of rotatable bonds is 7. The predicted molar refractivity (Wildman–Crippen MR) is 109 cm³/mol. The van der Waals surface area contributed by atoms with Crippen molar-refractivity contribution >= 4 is 17.5 Å². The first-order valence-corrected chi connectivity index (χ1v) is 9.96. The van der Waals surface area contributed by atoms with Gasteiger partial charge in [0.25, 0.3) is 0 Å². The number of nitrogens with zero attached hydrogens (tertiary/aromatic N) is 1. The molecule has 1 aliphatic rings. The van der Waals surface area contributed by atoms with Gasteiger partial charge in [0, 0.05) is 18.1 Å². The summed E-state index contributed by atoms with van der Waals surface area (Å²) in [6, 6.07) is 13.9. The lowest BCUT2D eigenvalue weighted by Crippen LogP contribution is -2.37. The minimum atomic E-state index is -0.189. The van der Waals surface area contributed by atoms with E-state index in [9.17, 15) is 4.79 Å². The van der Waals surface area contributed by atoms with E-state index < -0.39 is 0 Å². The molecule has 0 saturated heterocycles. The second-order valence-corrected chi connectivity index (χ2v) is 7.35. The van der Waals surface area contributed by atoms with Crippen molar-refractivity contribution in [2.24, 2.45) is 5.92 Å². The minimum absolute atomic E-state index is 0.0262. The fraction of sp³-hybridized carbons (Fsp3) is 0.409. The average molecular weight is 387 g/mol. The van der Waals surface area contributed by atoms with Crippen LogP contribution in [0.2, 0.25) is 5.02 Å². The predicted octanol–water partition coefficient (Wildman–Crippen LogP) is 4.05. The fourth-order valence-electron chi connectivity index (χ4n) is 3.43. The Bertz CT molecular complexity index is 790. The zero-order chi connectivity index (χ0) is 19.2. The van der Waals surface area contributed by atoms with Crippen LogP contribution in [0.15, 0.2) is 42.5 Å². The van der Waals surface area contributed by atoms with Crippen molar-refractivity contribution in [2.45, 2.75) is 33.4 Å². The van der Waals surface area contributed by atoms with Gasteiger partial charge in [0.2, 0.25) is 5.91 Å². The van der Waals surface area contributed by atoms with Crippen LogP contribution in [0.4, 0.5) is 0 Å². The number of hydrogen-bond donors (Lipinski definition) is 1. The van der Waals surface area contributed by atoms with E-state index in [1.54, 1.807) is 0 Å². The second kappa shape index (κ2) is 9.25. The molecule has 1 amide bonds. The summed E-state index contributed by atoms with van der Waals surface area (Å²) in [6.07, 6.45) is 0.656. The van der Waals surface area contributed by atoms with Gasteiger partial charge in [-0.15, -0.1) is 0 Å². The molecule has 0 unspecified atom stereocenters. The van der Waals surface area contributed by atoms with E-state index in [4.69, 9.17) is 16.3 Å². The van der Waals surface area contributed by atoms with Crippen molar-refractivity contribution in [3.63, 3.8) is 0 Å². The largest absolute Gasteiger partial charge is 0.492 e. The maximum absolute atomic E-state index is 12.7. The molecule has 1 heterocycles. The van der Waals surface area contributed by atoms with Crippen molar-refractivity contribution in [1.82, 2.24) is 10.2 Å². The molecule has 5 heteroatoms. The Kier molecular flexibility index (Phi) is 6.75. The monoisotopic (exact) mass is 386 g/mol. The Morgan fingerprint density at radius 1 is 1.19 bits per heavy atom. The Morgan fingerprint density at radius 3 is 2.67 bits per heavy atom. The maximum atomic E-state index is 12.7. The summed E-state index contributed by atoms with van der Waals surface area (Å²) < 4.78 is 5.74. The van der Waals surface area contributed by atoms with Crippen molar-refractivity contribution in [3.8, 4) is 5.75 Å². The molecular weight excluding hydrogens is 360 g/mol. The van der Waals surface area contributed by atoms with Crippen molar-refractivity contribution < 1.29 is 9.53 Å². The van der Waals surface area contributed by atoms with Gasteiger partial charge < -0.3 is 10.1 Å². The molecule has 0 aliphatic carbocycles. The van der Waals surface area contributed by atoms with E-state index >= 15 is 0 Å². The molecule has 0 spiro atoms. The number of carbonyl (C=O) groups is 1. The van der Waals surface area contributed by atoms with Crippen LogP contribution in [0.3, 0.4) is 0 Å². The van der Waals surface area contributed by atoms with Crippen LogP contribution in [-0.4, -0.2) is 30.5 Å². The van der Waals surface area contributed by atoms with E-state index in [-0.39, 0.29) is 11.8 Å². The molecule has 2 aromatic rings. The number of amides is 1. The second-order valence-electron chi connectivity index (χ2n) is 6.91. The topological polar surface area (TPSA) is 41.6 Å². The highest BCUT2D eigenvalue weighted by Gasteiger charge is 2.26. The summed E-state index contributed by atoms with van der Waals surface area (Å²) in [5.41, 5.74) is 3.42. The molecule has 4 nitrogen and oxygen atoms in total. The van der Waals surface area contributed by atoms with Gasteiger partial charge in [0.1, 0.15) is 12.4 Å². The van der Waals surface area contributed by atoms with Crippen LogP contribution in [-0.2, 0) is 24.3 Å². The minimum Gasteiger partial charge on any atom is -0.492 e. The number of fused-ring (bicyclic) bond motifs is 1. The summed E-state index contributed by atoms with van der Waals surface area (Å²) in [7, 11) is 0. The SMILES string of the molecule is CCN(CC)Cc1ccccc1CNC(=O)[C@H]1COc2ccc(Cl)cc2C1. The van der Waals surface area contributed by atoms with E-state index in [2.05, 4.69) is 42.3 Å². The smallest absolute Gasteiger partial charge is 0.227 e. The third kappa shape index (κ3) is 5.02. The number of ether oxygens (including phenoxy) is 1. The molecule has 0 aromatic heterocycles. The molecule has 1 aliphatic heterocycles. The molecule has 0 saturated carbocycles. The molecule has 3 rings (SSSR count). The Balaban J connectivity index is 1.61. The summed E-state index contributed by atoms with van der Waals surface area (Å²) in [5.74, 6) is 0.664. The third-order valence-electron chi connectivity index (χ3n) is 5.16. The lowest BCUT2D eigenvalue weighted by Gasteiger charge is -2.25. The summed E-state index contributed by atoms with van der Waals surface area (Å²) in [6.45, 7) is 8.20. The van der Waals surface area contributed by atoms with Crippen LogP contribution >= 0.6 is 11.6 Å². The zero-order valence-electron chi connectivity index (χ0n) is 16.0. The lowest BCUT2D eigenvalue weighted by atomic mass is 9.96. The lowest BCUT2D eigenvalue weighted by molar-refractivity contribution is -0.126. The number of carbonyl (C=O) groups excluding carboxylic acids is 1. The first-order chi connectivity index (χ1) is 13.1. The first kappa shape index (κ1) is 19.7. The highest BCUT2D eigenvalue weighted by atomic mass is 35.5. The van der Waals surface area contributed by atoms with E-state index in [0.29, 0.717) is 24.6 Å². The van der Waals surface area contributed by atoms with Crippen LogP contribution in [0.5, 0.6) is 5.75 Å². The number of halogens is 1. The molecule has 2 aromatic carbocycles. The molecule has 144 valence electrons. The molecule has 0 fully saturated rings. The van der Waals surface area contributed by atoms with Gasteiger partial charge in [0.05, 0.1) is 5.92 Å². The van der Waals surface area contributed by atoms with E-state index in [1.165, 1.54) is 5.56 Å². The van der Waals surface area contributed by atoms with E-state index in [0.717, 1.165) is 36.5 Å². The van der Waals surface area contributed by atoms with Crippen LogP contribution in [0.1, 0.15) is 30.5 Å². The van der Waals surface area contributed by atoms with Gasteiger partial charge in [-0.05, 0) is 54.4 Å². The highest BCUT2D eigenvalue weighted by molar-refractivity contribution is 6.30. The third-order valence-corrected chi connectivity index (χ3v) is 5.39. The number of benzene rings is 2. The fourth-order valence-corrected chi connectivity index (χ4v) is 3.63. The number of nitrogens with one attached hydrogen (secondary N) is 1. The van der Waals surface area contributed by atoms with Gasteiger partial charge >= 0.3 is 0 Å². The molecule has 27 heavy (non-hydrogen) atoms.